The molecule has 1 rings (SSSR count). The van der Waals surface area contributed by atoms with Crippen molar-refractivity contribution in [2.45, 2.75) is 53.0 Å². The smallest absolute Gasteiger partial charge is 0.149 e. The number of nitrogens with two attached hydrogens (primary N) is 1. The van der Waals surface area contributed by atoms with Gasteiger partial charge in [-0.3, -0.25) is 0 Å². The van der Waals surface area contributed by atoms with Crippen molar-refractivity contribution in [2.75, 3.05) is 11.1 Å². The van der Waals surface area contributed by atoms with Crippen LogP contribution in [0.5, 0.6) is 0 Å². The van der Waals surface area contributed by atoms with Gasteiger partial charge in [-0.25, -0.2) is 4.98 Å². The molecule has 1 aromatic rings. The van der Waals surface area contributed by atoms with Gasteiger partial charge >= 0.3 is 0 Å². The van der Waals surface area contributed by atoms with Gasteiger partial charge in [0.15, 0.2) is 0 Å². The van der Waals surface area contributed by atoms with Gasteiger partial charge in [0.05, 0.1) is 5.69 Å². The first-order valence-corrected chi connectivity index (χ1v) is 6.48. The van der Waals surface area contributed by atoms with Crippen molar-refractivity contribution in [3.05, 3.63) is 17.8 Å². The molecule has 0 saturated carbocycles. The SMILES string of the molecule is Cc1ccnc(NC(C)CCCC(C)C)c1N. The quantitative estimate of drug-likeness (QED) is 0.792. The molecule has 1 unspecified atom stereocenters. The third kappa shape index (κ3) is 4.63. The lowest BCUT2D eigenvalue weighted by Gasteiger charge is -2.17. The van der Waals surface area contributed by atoms with E-state index in [1.54, 1.807) is 6.20 Å². The molecule has 0 saturated heterocycles. The third-order valence-electron chi connectivity index (χ3n) is 3.01. The monoisotopic (exact) mass is 235 g/mol. The first-order valence-electron chi connectivity index (χ1n) is 6.48. The largest absolute Gasteiger partial charge is 0.396 e. The molecule has 3 nitrogen and oxygen atoms in total. The molecular weight excluding hydrogens is 210 g/mol. The van der Waals surface area contributed by atoms with Crippen LogP contribution in [0.2, 0.25) is 0 Å². The summed E-state index contributed by atoms with van der Waals surface area (Å²) in [5.41, 5.74) is 7.83. The zero-order valence-electron chi connectivity index (χ0n) is 11.5. The van der Waals surface area contributed by atoms with Crippen LogP contribution in [0.4, 0.5) is 11.5 Å². The van der Waals surface area contributed by atoms with Crippen LogP contribution >= 0.6 is 0 Å². The zero-order chi connectivity index (χ0) is 12.8. The van der Waals surface area contributed by atoms with Crippen molar-refractivity contribution in [3.63, 3.8) is 0 Å². The number of anilines is 2. The van der Waals surface area contributed by atoms with Crippen LogP contribution in [-0.4, -0.2) is 11.0 Å². The highest BCUT2D eigenvalue weighted by molar-refractivity contribution is 5.65. The maximum Gasteiger partial charge on any atom is 0.149 e. The summed E-state index contributed by atoms with van der Waals surface area (Å²) in [5, 5.41) is 3.39. The molecule has 0 aliphatic carbocycles. The number of nitrogens with zero attached hydrogens (tertiary/aromatic N) is 1. The van der Waals surface area contributed by atoms with Gasteiger partial charge < -0.3 is 11.1 Å². The summed E-state index contributed by atoms with van der Waals surface area (Å²) in [4.78, 5) is 4.29. The molecule has 96 valence electrons. The zero-order valence-corrected chi connectivity index (χ0v) is 11.5. The Morgan fingerprint density at radius 3 is 2.65 bits per heavy atom. The Balaban J connectivity index is 2.45. The van der Waals surface area contributed by atoms with Crippen LogP contribution in [0.25, 0.3) is 0 Å². The van der Waals surface area contributed by atoms with Gasteiger partial charge in [-0.05, 0) is 37.8 Å². The van der Waals surface area contributed by atoms with Crippen molar-refractivity contribution in [1.29, 1.82) is 0 Å². The second kappa shape index (κ2) is 6.48. The maximum atomic E-state index is 5.98. The molecule has 0 spiro atoms. The van der Waals surface area contributed by atoms with Gasteiger partial charge in [0.25, 0.3) is 0 Å². The average Bonchev–Trinajstić information content (AvgIpc) is 2.24. The molecule has 0 aliphatic heterocycles. The summed E-state index contributed by atoms with van der Waals surface area (Å²) in [7, 11) is 0. The highest BCUT2D eigenvalue weighted by Gasteiger charge is 2.07. The van der Waals surface area contributed by atoms with E-state index in [2.05, 4.69) is 31.1 Å². The molecule has 0 bridgehead atoms. The number of nitrogen functional groups attached to an aromatic ring is 1. The van der Waals surface area contributed by atoms with Crippen molar-refractivity contribution >= 4 is 11.5 Å². The predicted octanol–water partition coefficient (Wildman–Crippen LogP) is 3.60. The van der Waals surface area contributed by atoms with E-state index >= 15 is 0 Å². The molecule has 1 aromatic heterocycles. The molecule has 0 amide bonds. The van der Waals surface area contributed by atoms with Gasteiger partial charge in [0.1, 0.15) is 5.82 Å². The van der Waals surface area contributed by atoms with Crippen LogP contribution in [0.15, 0.2) is 12.3 Å². The molecule has 1 atom stereocenters. The van der Waals surface area contributed by atoms with E-state index in [9.17, 15) is 0 Å². The number of aryl methyl sites for hydroxylation is 1. The van der Waals surface area contributed by atoms with Gasteiger partial charge in [-0.2, -0.15) is 0 Å². The Hall–Kier alpha value is -1.25. The fraction of sp³-hybridized carbons (Fsp3) is 0.643. The standard InChI is InChI=1S/C14H25N3/c1-10(2)6-5-7-12(4)17-14-13(15)11(3)8-9-16-14/h8-10,12H,5-7,15H2,1-4H3,(H,16,17). The predicted molar refractivity (Wildman–Crippen MR) is 75.2 cm³/mol. The van der Waals surface area contributed by atoms with Gasteiger partial charge in [-0.15, -0.1) is 0 Å². The lowest BCUT2D eigenvalue weighted by atomic mass is 10.0. The van der Waals surface area contributed by atoms with E-state index in [0.717, 1.165) is 29.4 Å². The minimum Gasteiger partial charge on any atom is -0.396 e. The van der Waals surface area contributed by atoms with Gasteiger partial charge in [0, 0.05) is 12.2 Å². The van der Waals surface area contributed by atoms with Crippen LogP contribution in [0.1, 0.15) is 45.6 Å². The summed E-state index contributed by atoms with van der Waals surface area (Å²) in [6.07, 6.45) is 5.49. The minimum atomic E-state index is 0.422. The van der Waals surface area contributed by atoms with E-state index in [-0.39, 0.29) is 0 Å². The number of nitrogens with one attached hydrogen (secondary N) is 1. The molecule has 0 radical (unpaired) electrons. The number of aromatic nitrogens is 1. The molecule has 0 aliphatic rings. The van der Waals surface area contributed by atoms with E-state index in [0.29, 0.717) is 6.04 Å². The lowest BCUT2D eigenvalue weighted by Crippen LogP contribution is -2.17. The minimum absolute atomic E-state index is 0.422. The Morgan fingerprint density at radius 1 is 1.29 bits per heavy atom. The van der Waals surface area contributed by atoms with Crippen LogP contribution in [0.3, 0.4) is 0 Å². The van der Waals surface area contributed by atoms with E-state index < -0.39 is 0 Å². The highest BCUT2D eigenvalue weighted by Crippen LogP contribution is 2.20. The maximum absolute atomic E-state index is 5.98. The van der Waals surface area contributed by atoms with E-state index in [4.69, 9.17) is 5.73 Å². The summed E-state index contributed by atoms with van der Waals surface area (Å²) < 4.78 is 0. The topological polar surface area (TPSA) is 50.9 Å². The number of hydrogen-bond acceptors (Lipinski definition) is 3. The van der Waals surface area contributed by atoms with Crippen LogP contribution < -0.4 is 11.1 Å². The van der Waals surface area contributed by atoms with Crippen molar-refractivity contribution in [3.8, 4) is 0 Å². The Kier molecular flexibility index (Phi) is 5.26. The first kappa shape index (κ1) is 13.8. The van der Waals surface area contributed by atoms with Crippen LogP contribution in [0, 0.1) is 12.8 Å². The molecule has 1 heterocycles. The third-order valence-corrected chi connectivity index (χ3v) is 3.01. The number of hydrogen-bond donors (Lipinski definition) is 2. The second-order valence-corrected chi connectivity index (χ2v) is 5.26. The van der Waals surface area contributed by atoms with Crippen molar-refractivity contribution in [2.24, 2.45) is 5.92 Å². The molecule has 0 aromatic carbocycles. The Labute approximate surface area is 105 Å². The first-order chi connectivity index (χ1) is 8.00. The highest BCUT2D eigenvalue weighted by atomic mass is 15.0. The fourth-order valence-corrected chi connectivity index (χ4v) is 1.82. The summed E-state index contributed by atoms with van der Waals surface area (Å²) >= 11 is 0. The number of rotatable bonds is 6. The van der Waals surface area contributed by atoms with Crippen molar-refractivity contribution in [1.82, 2.24) is 4.98 Å². The lowest BCUT2D eigenvalue weighted by molar-refractivity contribution is 0.520. The van der Waals surface area contributed by atoms with E-state index in [1.807, 2.05) is 13.0 Å². The second-order valence-electron chi connectivity index (χ2n) is 5.26. The summed E-state index contributed by atoms with van der Waals surface area (Å²) in [5.74, 6) is 1.60. The van der Waals surface area contributed by atoms with Crippen LogP contribution in [-0.2, 0) is 0 Å². The van der Waals surface area contributed by atoms with Gasteiger partial charge in [-0.1, -0.05) is 26.7 Å². The van der Waals surface area contributed by atoms with Gasteiger partial charge in [0.2, 0.25) is 0 Å². The Morgan fingerprint density at radius 2 is 2.00 bits per heavy atom. The molecule has 3 heteroatoms. The fourth-order valence-electron chi connectivity index (χ4n) is 1.82. The normalized spacial score (nSPS) is 12.8. The summed E-state index contributed by atoms with van der Waals surface area (Å²) in [6, 6.07) is 2.36. The van der Waals surface area contributed by atoms with E-state index in [1.165, 1.54) is 12.8 Å². The average molecular weight is 235 g/mol. The summed E-state index contributed by atoms with van der Waals surface area (Å²) in [6.45, 7) is 8.71. The molecular formula is C14H25N3. The Bertz CT molecular complexity index is 347. The number of pyridine rings is 1. The van der Waals surface area contributed by atoms with Crippen molar-refractivity contribution < 1.29 is 0 Å². The molecule has 0 fully saturated rings. The molecule has 3 N–H and O–H groups in total. The molecule has 17 heavy (non-hydrogen) atoms.